The number of fused-ring (bicyclic) bond motifs is 2. The third-order valence-corrected chi connectivity index (χ3v) is 5.77. The second-order valence-corrected chi connectivity index (χ2v) is 8.02. The number of nitrogens with zero attached hydrogens (tertiary/aromatic N) is 3. The molecule has 1 aliphatic rings. The van der Waals surface area contributed by atoms with Crippen LogP contribution in [0.4, 0.5) is 5.69 Å². The second-order valence-electron chi connectivity index (χ2n) is 7.06. The number of nitrogens with one attached hydrogen (secondary N) is 2. The van der Waals surface area contributed by atoms with Crippen molar-refractivity contribution in [2.45, 2.75) is 5.16 Å². The topological polar surface area (TPSA) is 120 Å². The monoisotopic (exact) mass is 465 g/mol. The molecule has 5 rings (SSSR count). The van der Waals surface area contributed by atoms with Gasteiger partial charge in [0.2, 0.25) is 5.91 Å². The average Bonchev–Trinajstić information content (AvgIpc) is 3.27. The first-order chi connectivity index (χ1) is 16.1. The molecule has 33 heavy (non-hydrogen) atoms. The van der Waals surface area contributed by atoms with E-state index in [1.54, 1.807) is 42.1 Å². The molecule has 3 heterocycles. The van der Waals surface area contributed by atoms with Crippen LogP contribution in [0.5, 0.6) is 17.2 Å². The standard InChI is InChI=1S/C22H19N5O5S/c1-30-15-5-3-14(4-6-15)27-20-16(11-23-27)21(29)26-22(25-20)33-12-19(28)24-13-2-7-17-18(10-13)32-9-8-31-17/h2-7,10-11H,8-9,12H2,1H3,(H,24,28)(H,25,26,29). The summed E-state index contributed by atoms with van der Waals surface area (Å²) >= 11 is 1.12. The Hall–Kier alpha value is -3.99. The predicted molar refractivity (Wildman–Crippen MR) is 123 cm³/mol. The molecule has 2 aromatic heterocycles. The van der Waals surface area contributed by atoms with Gasteiger partial charge in [0.1, 0.15) is 24.3 Å². The Morgan fingerprint density at radius 3 is 2.76 bits per heavy atom. The highest BCUT2D eigenvalue weighted by molar-refractivity contribution is 7.99. The number of hydrogen-bond donors (Lipinski definition) is 2. The molecule has 4 aromatic rings. The molecule has 1 amide bonds. The number of carbonyl (C=O) groups is 1. The van der Waals surface area contributed by atoms with Crippen LogP contribution in [-0.4, -0.2) is 51.7 Å². The summed E-state index contributed by atoms with van der Waals surface area (Å²) in [5, 5.41) is 7.78. The van der Waals surface area contributed by atoms with Crippen molar-refractivity contribution in [1.82, 2.24) is 19.7 Å². The van der Waals surface area contributed by atoms with E-state index in [0.717, 1.165) is 17.4 Å². The van der Waals surface area contributed by atoms with Gasteiger partial charge < -0.3 is 24.5 Å². The van der Waals surface area contributed by atoms with Gasteiger partial charge in [-0.05, 0) is 36.4 Å². The number of aromatic nitrogens is 4. The minimum Gasteiger partial charge on any atom is -0.497 e. The van der Waals surface area contributed by atoms with E-state index < -0.39 is 0 Å². The van der Waals surface area contributed by atoms with Gasteiger partial charge in [0.05, 0.1) is 24.7 Å². The fourth-order valence-corrected chi connectivity index (χ4v) is 3.99. The van der Waals surface area contributed by atoms with Crippen LogP contribution in [0.3, 0.4) is 0 Å². The smallest absolute Gasteiger partial charge is 0.262 e. The fourth-order valence-electron chi connectivity index (χ4n) is 3.33. The third-order valence-electron chi connectivity index (χ3n) is 4.90. The molecule has 11 heteroatoms. The van der Waals surface area contributed by atoms with Crippen molar-refractivity contribution in [2.24, 2.45) is 0 Å². The van der Waals surface area contributed by atoms with E-state index in [4.69, 9.17) is 14.2 Å². The van der Waals surface area contributed by atoms with Gasteiger partial charge in [-0.2, -0.15) is 5.10 Å². The molecule has 2 aromatic carbocycles. The zero-order valence-electron chi connectivity index (χ0n) is 17.5. The van der Waals surface area contributed by atoms with Crippen molar-refractivity contribution < 1.29 is 19.0 Å². The first kappa shape index (κ1) is 20.9. The number of carbonyl (C=O) groups excluding carboxylic acids is 1. The van der Waals surface area contributed by atoms with Crippen molar-refractivity contribution in [3.05, 3.63) is 59.0 Å². The summed E-state index contributed by atoms with van der Waals surface area (Å²) in [6, 6.07) is 12.5. The van der Waals surface area contributed by atoms with E-state index >= 15 is 0 Å². The van der Waals surface area contributed by atoms with Gasteiger partial charge in [-0.25, -0.2) is 9.67 Å². The molecule has 0 atom stereocenters. The van der Waals surface area contributed by atoms with Gasteiger partial charge in [-0.15, -0.1) is 0 Å². The van der Waals surface area contributed by atoms with E-state index in [9.17, 15) is 9.59 Å². The van der Waals surface area contributed by atoms with Crippen molar-refractivity contribution >= 4 is 34.4 Å². The molecule has 0 unspecified atom stereocenters. The van der Waals surface area contributed by atoms with Crippen LogP contribution >= 0.6 is 11.8 Å². The van der Waals surface area contributed by atoms with Gasteiger partial charge in [0, 0.05) is 11.8 Å². The Bertz CT molecular complexity index is 1380. The molecule has 168 valence electrons. The quantitative estimate of drug-likeness (QED) is 0.329. The first-order valence-corrected chi connectivity index (χ1v) is 11.0. The molecule has 0 bridgehead atoms. The molecular weight excluding hydrogens is 446 g/mol. The summed E-state index contributed by atoms with van der Waals surface area (Å²) in [4.78, 5) is 32.2. The van der Waals surface area contributed by atoms with Crippen LogP contribution < -0.4 is 25.1 Å². The number of rotatable bonds is 6. The highest BCUT2D eigenvalue weighted by Gasteiger charge is 2.15. The Morgan fingerprint density at radius 2 is 1.97 bits per heavy atom. The number of thioether (sulfide) groups is 1. The molecule has 2 N–H and O–H groups in total. The number of anilines is 1. The van der Waals surface area contributed by atoms with Crippen LogP contribution in [0.1, 0.15) is 0 Å². The molecule has 0 fully saturated rings. The molecule has 0 saturated carbocycles. The Balaban J connectivity index is 1.31. The van der Waals surface area contributed by atoms with E-state index in [-0.39, 0.29) is 17.2 Å². The van der Waals surface area contributed by atoms with Crippen LogP contribution in [0.15, 0.2) is 58.6 Å². The zero-order chi connectivity index (χ0) is 22.8. The minimum atomic E-state index is -0.325. The number of aromatic amines is 1. The molecule has 0 spiro atoms. The maximum absolute atomic E-state index is 12.5. The lowest BCUT2D eigenvalue weighted by Crippen LogP contribution is -2.17. The largest absolute Gasteiger partial charge is 0.497 e. The maximum atomic E-state index is 12.5. The van der Waals surface area contributed by atoms with Gasteiger partial charge in [0.25, 0.3) is 5.56 Å². The first-order valence-electron chi connectivity index (χ1n) is 10.1. The SMILES string of the molecule is COc1ccc(-n2ncc3c(=O)[nH]c(SCC(=O)Nc4ccc5c(c4)OCCO5)nc32)cc1. The molecule has 0 radical (unpaired) electrons. The van der Waals surface area contributed by atoms with E-state index in [2.05, 4.69) is 20.4 Å². The highest BCUT2D eigenvalue weighted by atomic mass is 32.2. The van der Waals surface area contributed by atoms with Crippen molar-refractivity contribution in [3.63, 3.8) is 0 Å². The van der Waals surface area contributed by atoms with Gasteiger partial charge >= 0.3 is 0 Å². The third kappa shape index (κ3) is 4.35. The zero-order valence-corrected chi connectivity index (χ0v) is 18.3. The van der Waals surface area contributed by atoms with E-state index in [1.165, 1.54) is 6.20 Å². The number of H-pyrrole nitrogens is 1. The Labute approximate surface area is 191 Å². The van der Waals surface area contributed by atoms with Crippen LogP contribution in [0.25, 0.3) is 16.7 Å². The van der Waals surface area contributed by atoms with Crippen molar-refractivity contribution in [2.75, 3.05) is 31.4 Å². The van der Waals surface area contributed by atoms with Gasteiger partial charge in [-0.1, -0.05) is 11.8 Å². The lowest BCUT2D eigenvalue weighted by atomic mass is 10.2. The number of ether oxygens (including phenoxy) is 3. The highest BCUT2D eigenvalue weighted by Crippen LogP contribution is 2.32. The lowest BCUT2D eigenvalue weighted by molar-refractivity contribution is -0.113. The maximum Gasteiger partial charge on any atom is 0.262 e. The molecular formula is C22H19N5O5S. The summed E-state index contributed by atoms with van der Waals surface area (Å²) in [5.41, 5.74) is 1.41. The van der Waals surface area contributed by atoms with Crippen LogP contribution in [0.2, 0.25) is 0 Å². The normalized spacial score (nSPS) is 12.5. The summed E-state index contributed by atoms with van der Waals surface area (Å²) < 4.78 is 17.8. The van der Waals surface area contributed by atoms with E-state index in [0.29, 0.717) is 52.3 Å². The molecule has 0 aliphatic carbocycles. The van der Waals surface area contributed by atoms with Gasteiger partial charge in [-0.3, -0.25) is 9.59 Å². The van der Waals surface area contributed by atoms with Crippen LogP contribution in [0, 0.1) is 0 Å². The summed E-state index contributed by atoms with van der Waals surface area (Å²) in [7, 11) is 1.59. The predicted octanol–water partition coefficient (Wildman–Crippen LogP) is 2.62. The number of methoxy groups -OCH3 is 1. The molecule has 1 aliphatic heterocycles. The number of amides is 1. The van der Waals surface area contributed by atoms with Crippen LogP contribution in [-0.2, 0) is 4.79 Å². The number of hydrogen-bond acceptors (Lipinski definition) is 8. The summed E-state index contributed by atoms with van der Waals surface area (Å²) in [6.07, 6.45) is 1.47. The molecule has 0 saturated heterocycles. The number of benzene rings is 2. The lowest BCUT2D eigenvalue weighted by Gasteiger charge is -2.18. The van der Waals surface area contributed by atoms with Crippen molar-refractivity contribution in [3.8, 4) is 22.9 Å². The fraction of sp³-hybridized carbons (Fsp3) is 0.182. The summed E-state index contributed by atoms with van der Waals surface area (Å²) in [6.45, 7) is 0.969. The Morgan fingerprint density at radius 1 is 1.18 bits per heavy atom. The minimum absolute atomic E-state index is 0.0551. The summed E-state index contributed by atoms with van der Waals surface area (Å²) in [5.74, 6) is 1.76. The molecule has 10 nitrogen and oxygen atoms in total. The van der Waals surface area contributed by atoms with Crippen molar-refractivity contribution in [1.29, 1.82) is 0 Å². The van der Waals surface area contributed by atoms with E-state index in [1.807, 2.05) is 12.1 Å². The average molecular weight is 465 g/mol. The Kier molecular flexibility index (Phi) is 5.61. The second kappa shape index (κ2) is 8.87. The van der Waals surface area contributed by atoms with Gasteiger partial charge in [0.15, 0.2) is 22.3 Å².